The number of hydrogen-bond donors (Lipinski definition) is 1. The van der Waals surface area contributed by atoms with E-state index in [4.69, 9.17) is 11.6 Å². The summed E-state index contributed by atoms with van der Waals surface area (Å²) in [6, 6.07) is 1.82. The number of rotatable bonds is 1. The van der Waals surface area contributed by atoms with Crippen molar-refractivity contribution in [3.05, 3.63) is 17.4 Å². The predicted molar refractivity (Wildman–Crippen MR) is 75.2 cm³/mol. The van der Waals surface area contributed by atoms with Crippen LogP contribution in [0.15, 0.2) is 22.2 Å². The normalized spacial score (nSPS) is 19.7. The zero-order valence-electron chi connectivity index (χ0n) is 9.15. The lowest BCUT2D eigenvalue weighted by atomic mass is 10.4. The lowest BCUT2D eigenvalue weighted by molar-refractivity contribution is 0.886. The molecule has 1 aromatic heterocycles. The molecule has 1 aromatic rings. The monoisotopic (exact) mass is 285 g/mol. The second-order valence-corrected chi connectivity index (χ2v) is 6.64. The van der Waals surface area contributed by atoms with E-state index in [1.165, 1.54) is 25.7 Å². The molecule has 6 heteroatoms. The van der Waals surface area contributed by atoms with E-state index in [-0.39, 0.29) is 0 Å². The van der Waals surface area contributed by atoms with Crippen LogP contribution in [0.1, 0.15) is 25.7 Å². The first-order valence-corrected chi connectivity index (χ1v) is 7.72. The summed E-state index contributed by atoms with van der Waals surface area (Å²) >= 11 is 9.30. The first-order valence-electron chi connectivity index (χ1n) is 5.65. The number of thioether (sulfide) groups is 1. The van der Waals surface area contributed by atoms with Crippen LogP contribution >= 0.6 is 35.3 Å². The standard InChI is InChI=1S/C11H12ClN3S2/c12-10-5-8-9(6-13-10)17-15-11(14-8)16-7-3-1-2-4-7/h5-7H,1-4H2,(H,14,15). The summed E-state index contributed by atoms with van der Waals surface area (Å²) in [6.07, 6.45) is 7.07. The highest BCUT2D eigenvalue weighted by Gasteiger charge is 2.21. The molecule has 0 spiro atoms. The number of nitrogens with zero attached hydrogens (tertiary/aromatic N) is 2. The number of aliphatic imine (C=N–C) groups is 1. The predicted octanol–water partition coefficient (Wildman–Crippen LogP) is 4.01. The lowest BCUT2D eigenvalue weighted by Crippen LogP contribution is -2.17. The van der Waals surface area contributed by atoms with E-state index < -0.39 is 0 Å². The van der Waals surface area contributed by atoms with Gasteiger partial charge in [0.1, 0.15) is 5.15 Å². The maximum atomic E-state index is 5.88. The van der Waals surface area contributed by atoms with E-state index in [9.17, 15) is 0 Å². The van der Waals surface area contributed by atoms with Gasteiger partial charge in [0.05, 0.1) is 10.6 Å². The second-order valence-electron chi connectivity index (χ2n) is 4.12. The van der Waals surface area contributed by atoms with Gasteiger partial charge in [-0.15, -0.1) is 0 Å². The highest BCUT2D eigenvalue weighted by molar-refractivity contribution is 8.16. The number of nitrogens with one attached hydrogen (secondary N) is 1. The van der Waals surface area contributed by atoms with Gasteiger partial charge in [-0.05, 0) is 24.8 Å². The Morgan fingerprint density at radius 2 is 2.24 bits per heavy atom. The Morgan fingerprint density at radius 3 is 3.06 bits per heavy atom. The van der Waals surface area contributed by atoms with E-state index in [2.05, 4.69) is 14.7 Å². The molecule has 17 heavy (non-hydrogen) atoms. The molecule has 0 bridgehead atoms. The molecule has 0 atom stereocenters. The summed E-state index contributed by atoms with van der Waals surface area (Å²) in [4.78, 5) is 9.67. The Kier molecular flexibility index (Phi) is 3.49. The molecule has 3 rings (SSSR count). The molecule has 0 saturated heterocycles. The minimum Gasteiger partial charge on any atom is -0.305 e. The SMILES string of the molecule is Clc1cc2c(cn1)SNC(SC1CCCC1)=N2. The van der Waals surface area contributed by atoms with Crippen LogP contribution in [0, 0.1) is 0 Å². The fourth-order valence-electron chi connectivity index (χ4n) is 2.02. The van der Waals surface area contributed by atoms with E-state index in [0.717, 1.165) is 21.0 Å². The zero-order chi connectivity index (χ0) is 11.7. The van der Waals surface area contributed by atoms with Crippen LogP contribution in [0.2, 0.25) is 5.15 Å². The molecule has 1 fully saturated rings. The van der Waals surface area contributed by atoms with E-state index in [0.29, 0.717) is 5.15 Å². The molecule has 0 amide bonds. The quantitative estimate of drug-likeness (QED) is 0.625. The van der Waals surface area contributed by atoms with Crippen LogP contribution in [-0.2, 0) is 0 Å². The summed E-state index contributed by atoms with van der Waals surface area (Å²) in [5.41, 5.74) is 0.925. The van der Waals surface area contributed by atoms with Crippen molar-refractivity contribution in [1.29, 1.82) is 0 Å². The molecule has 3 nitrogen and oxygen atoms in total. The van der Waals surface area contributed by atoms with Gasteiger partial charge in [0.2, 0.25) is 0 Å². The van der Waals surface area contributed by atoms with Crippen LogP contribution in [0.5, 0.6) is 0 Å². The summed E-state index contributed by atoms with van der Waals surface area (Å²) in [5.74, 6) is 0. The van der Waals surface area contributed by atoms with Gasteiger partial charge in [-0.3, -0.25) is 0 Å². The summed E-state index contributed by atoms with van der Waals surface area (Å²) in [7, 11) is 0. The van der Waals surface area contributed by atoms with Crippen molar-refractivity contribution in [3.63, 3.8) is 0 Å². The van der Waals surface area contributed by atoms with Gasteiger partial charge < -0.3 is 4.72 Å². The summed E-state index contributed by atoms with van der Waals surface area (Å²) < 4.78 is 3.27. The Bertz CT molecular complexity index is 458. The molecule has 1 aliphatic carbocycles. The van der Waals surface area contributed by atoms with Gasteiger partial charge >= 0.3 is 0 Å². The number of aromatic nitrogens is 1. The van der Waals surface area contributed by atoms with Gasteiger partial charge in [-0.25, -0.2) is 9.98 Å². The van der Waals surface area contributed by atoms with Crippen LogP contribution < -0.4 is 4.72 Å². The first kappa shape index (κ1) is 11.7. The van der Waals surface area contributed by atoms with Crippen molar-refractivity contribution in [2.24, 2.45) is 4.99 Å². The molecule has 1 aliphatic heterocycles. The fourth-order valence-corrected chi connectivity index (χ4v) is 4.08. The third kappa shape index (κ3) is 2.72. The molecule has 2 aliphatic rings. The Morgan fingerprint density at radius 1 is 1.41 bits per heavy atom. The van der Waals surface area contributed by atoms with Gasteiger partial charge in [0.15, 0.2) is 5.17 Å². The Labute approximate surface area is 114 Å². The smallest absolute Gasteiger partial charge is 0.172 e. The van der Waals surface area contributed by atoms with Crippen LogP contribution in [-0.4, -0.2) is 15.4 Å². The third-order valence-corrected chi connectivity index (χ3v) is 5.25. The number of pyridine rings is 1. The van der Waals surface area contributed by atoms with Gasteiger partial charge in [-0.1, -0.05) is 36.2 Å². The topological polar surface area (TPSA) is 37.3 Å². The molecule has 1 saturated carbocycles. The Balaban J connectivity index is 1.78. The average molecular weight is 286 g/mol. The summed E-state index contributed by atoms with van der Waals surface area (Å²) in [5, 5.41) is 2.22. The van der Waals surface area contributed by atoms with Crippen LogP contribution in [0.25, 0.3) is 0 Å². The highest BCUT2D eigenvalue weighted by Crippen LogP contribution is 2.37. The maximum absolute atomic E-state index is 5.88. The van der Waals surface area contributed by atoms with Crippen molar-refractivity contribution in [3.8, 4) is 0 Å². The van der Waals surface area contributed by atoms with Crippen LogP contribution in [0.3, 0.4) is 0 Å². The number of fused-ring (bicyclic) bond motifs is 1. The van der Waals surface area contributed by atoms with E-state index in [1.807, 2.05) is 17.8 Å². The fraction of sp³-hybridized carbons (Fsp3) is 0.455. The van der Waals surface area contributed by atoms with E-state index >= 15 is 0 Å². The number of halogens is 1. The van der Waals surface area contributed by atoms with Crippen molar-refractivity contribution in [1.82, 2.24) is 9.71 Å². The minimum absolute atomic E-state index is 0.500. The molecule has 0 radical (unpaired) electrons. The molecule has 90 valence electrons. The molecular formula is C11H12ClN3S2. The maximum Gasteiger partial charge on any atom is 0.172 e. The molecule has 0 unspecified atom stereocenters. The zero-order valence-corrected chi connectivity index (χ0v) is 11.5. The second kappa shape index (κ2) is 5.08. The first-order chi connectivity index (χ1) is 8.31. The van der Waals surface area contributed by atoms with E-state index in [1.54, 1.807) is 18.1 Å². The van der Waals surface area contributed by atoms with Gasteiger partial charge in [-0.2, -0.15) is 0 Å². The average Bonchev–Trinajstić information content (AvgIpc) is 2.81. The molecule has 2 heterocycles. The number of amidine groups is 1. The van der Waals surface area contributed by atoms with Crippen molar-refractivity contribution >= 4 is 46.2 Å². The molecule has 1 N–H and O–H groups in total. The summed E-state index contributed by atoms with van der Waals surface area (Å²) in [6.45, 7) is 0. The van der Waals surface area contributed by atoms with Crippen molar-refractivity contribution in [2.75, 3.05) is 0 Å². The minimum atomic E-state index is 0.500. The molecule has 0 aromatic carbocycles. The highest BCUT2D eigenvalue weighted by atomic mass is 35.5. The van der Waals surface area contributed by atoms with Crippen molar-refractivity contribution in [2.45, 2.75) is 35.8 Å². The lowest BCUT2D eigenvalue weighted by Gasteiger charge is -2.17. The third-order valence-electron chi connectivity index (χ3n) is 2.86. The van der Waals surface area contributed by atoms with Crippen molar-refractivity contribution < 1.29 is 0 Å². The largest absolute Gasteiger partial charge is 0.305 e. The van der Waals surface area contributed by atoms with Gasteiger partial charge in [0.25, 0.3) is 0 Å². The van der Waals surface area contributed by atoms with Gasteiger partial charge in [0, 0.05) is 17.5 Å². The number of hydrogen-bond acceptors (Lipinski definition) is 5. The van der Waals surface area contributed by atoms with Crippen LogP contribution in [0.4, 0.5) is 5.69 Å². The molecular weight excluding hydrogens is 274 g/mol. The Hall–Kier alpha value is -0.390.